The standard InChI is InChI=1S/C44H55NO14/c1-11-24(2)39(50)56-35-26(4)34(54-27(5)46)32-37(57-40(51)30-16-13-12-14-17-30)43(10,59-29(7)48)23-44(32,53)36(55-28(6)47)25(3)19-20-42(8,9)38(33(35)49)58-41(52)31-18-15-21-45-22-31/h12-22,24-25,32-38,49,53H,4,11,23H2,1-3,5-10H3/t24-,25+,32+,33-,34+,35+,36+,37-,38-,43-,44-/m1/s1. The van der Waals surface area contributed by atoms with Gasteiger partial charge in [0.2, 0.25) is 0 Å². The number of hydrogen-bond acceptors (Lipinski definition) is 15. The monoisotopic (exact) mass is 821 g/mol. The maximum Gasteiger partial charge on any atom is 0.340 e. The van der Waals surface area contributed by atoms with Crippen molar-refractivity contribution in [3.8, 4) is 0 Å². The molecule has 1 fully saturated rings. The van der Waals surface area contributed by atoms with Crippen molar-refractivity contribution in [1.29, 1.82) is 0 Å². The summed E-state index contributed by atoms with van der Waals surface area (Å²) in [5.41, 5.74) is -5.83. The van der Waals surface area contributed by atoms with E-state index in [1.807, 2.05) is 0 Å². The second-order valence-corrected chi connectivity index (χ2v) is 16.2. The zero-order valence-corrected chi connectivity index (χ0v) is 34.9. The molecule has 2 aliphatic rings. The number of carbonyl (C=O) groups is 6. The van der Waals surface area contributed by atoms with Crippen LogP contribution in [-0.2, 0) is 47.6 Å². The van der Waals surface area contributed by atoms with Crippen LogP contribution in [0.4, 0.5) is 0 Å². The normalized spacial score (nSPS) is 30.9. The lowest BCUT2D eigenvalue weighted by Crippen LogP contribution is -2.59. The second-order valence-electron chi connectivity index (χ2n) is 16.2. The van der Waals surface area contributed by atoms with Crippen molar-refractivity contribution in [1.82, 2.24) is 4.98 Å². The number of rotatable bonds is 10. The van der Waals surface area contributed by atoms with E-state index in [1.54, 1.807) is 65.0 Å². The van der Waals surface area contributed by atoms with E-state index in [0.717, 1.165) is 20.8 Å². The van der Waals surface area contributed by atoms with Gasteiger partial charge in [0.1, 0.15) is 35.6 Å². The average molecular weight is 822 g/mol. The van der Waals surface area contributed by atoms with Crippen LogP contribution in [-0.4, -0.2) is 98.8 Å². The first-order chi connectivity index (χ1) is 27.6. The first-order valence-corrected chi connectivity index (χ1v) is 19.5. The van der Waals surface area contributed by atoms with Gasteiger partial charge in [0, 0.05) is 56.5 Å². The molecule has 1 heterocycles. The molecule has 59 heavy (non-hydrogen) atoms. The van der Waals surface area contributed by atoms with Crippen LogP contribution >= 0.6 is 0 Å². The molecule has 1 aromatic carbocycles. The highest BCUT2D eigenvalue weighted by molar-refractivity contribution is 5.90. The largest absolute Gasteiger partial charge is 0.459 e. The summed E-state index contributed by atoms with van der Waals surface area (Å²) in [6.07, 6.45) is -4.74. The van der Waals surface area contributed by atoms with E-state index < -0.39 is 113 Å². The van der Waals surface area contributed by atoms with Crippen LogP contribution in [0.5, 0.6) is 0 Å². The number of hydrogen-bond donors (Lipinski definition) is 2. The Morgan fingerprint density at radius 1 is 0.814 bits per heavy atom. The van der Waals surface area contributed by atoms with Crippen LogP contribution < -0.4 is 0 Å². The van der Waals surface area contributed by atoms with E-state index in [0.29, 0.717) is 6.42 Å². The molecule has 11 atom stereocenters. The molecule has 15 heteroatoms. The molecule has 0 aliphatic heterocycles. The summed E-state index contributed by atoms with van der Waals surface area (Å²) in [5.74, 6) is -8.57. The number of pyridine rings is 1. The minimum Gasteiger partial charge on any atom is -0.459 e. The fourth-order valence-corrected chi connectivity index (χ4v) is 7.93. The van der Waals surface area contributed by atoms with Gasteiger partial charge in [-0.2, -0.15) is 0 Å². The van der Waals surface area contributed by atoms with Gasteiger partial charge in [-0.25, -0.2) is 9.59 Å². The number of aliphatic hydroxyl groups is 2. The summed E-state index contributed by atoms with van der Waals surface area (Å²) in [6, 6.07) is 10.8. The highest BCUT2D eigenvalue weighted by Crippen LogP contribution is 2.54. The van der Waals surface area contributed by atoms with Crippen molar-refractivity contribution < 1.29 is 67.4 Å². The van der Waals surface area contributed by atoms with Gasteiger partial charge in [-0.15, -0.1) is 0 Å². The Morgan fingerprint density at radius 2 is 1.41 bits per heavy atom. The third kappa shape index (κ3) is 10.4. The van der Waals surface area contributed by atoms with Crippen molar-refractivity contribution in [3.05, 3.63) is 90.3 Å². The molecule has 15 nitrogen and oxygen atoms in total. The molecule has 320 valence electrons. The van der Waals surface area contributed by atoms with Crippen LogP contribution in [0.1, 0.15) is 95.9 Å². The number of aromatic nitrogens is 1. The lowest BCUT2D eigenvalue weighted by Gasteiger charge is -2.45. The highest BCUT2D eigenvalue weighted by atomic mass is 16.6. The predicted octanol–water partition coefficient (Wildman–Crippen LogP) is 4.88. The summed E-state index contributed by atoms with van der Waals surface area (Å²) in [6.45, 7) is 17.1. The molecule has 1 aromatic heterocycles. The van der Waals surface area contributed by atoms with Gasteiger partial charge in [0.25, 0.3) is 0 Å². The third-order valence-electron chi connectivity index (χ3n) is 10.9. The first-order valence-electron chi connectivity index (χ1n) is 19.5. The molecule has 0 amide bonds. The molecule has 0 unspecified atom stereocenters. The molecule has 0 radical (unpaired) electrons. The Labute approximate surface area is 344 Å². The molecular formula is C44H55NO14. The number of ether oxygens (including phenoxy) is 6. The van der Waals surface area contributed by atoms with E-state index in [-0.39, 0.29) is 16.7 Å². The highest BCUT2D eigenvalue weighted by Gasteiger charge is 2.70. The molecule has 2 aliphatic carbocycles. The van der Waals surface area contributed by atoms with Crippen LogP contribution in [0.2, 0.25) is 0 Å². The number of fused-ring (bicyclic) bond motifs is 1. The zero-order chi connectivity index (χ0) is 44.0. The molecule has 2 aromatic rings. The van der Waals surface area contributed by atoms with Gasteiger partial charge < -0.3 is 38.6 Å². The average Bonchev–Trinajstić information content (AvgIpc) is 3.39. The third-order valence-corrected chi connectivity index (χ3v) is 10.9. The number of esters is 6. The van der Waals surface area contributed by atoms with E-state index in [9.17, 15) is 39.0 Å². The van der Waals surface area contributed by atoms with Gasteiger partial charge in [0.15, 0.2) is 12.2 Å². The summed E-state index contributed by atoms with van der Waals surface area (Å²) in [7, 11) is 0. The van der Waals surface area contributed by atoms with E-state index in [1.165, 1.54) is 43.6 Å². The SMILES string of the molecule is C=C1[C@H](OC(=O)[C@H](C)CC)[C@@H](O)[C@@H](OC(=O)c2cccnc2)C(C)(C)C=C[C@H](C)[C@H](OC(C)=O)[C@@]2(O)C[C@@](C)(OC(C)=O)[C@H](OC(=O)c3ccccc3)[C@@H]2[C@H]1OC(C)=O. The van der Waals surface area contributed by atoms with Crippen LogP contribution in [0.3, 0.4) is 0 Å². The minimum atomic E-state index is -2.39. The Hall–Kier alpha value is -5.41. The van der Waals surface area contributed by atoms with Crippen molar-refractivity contribution in [3.63, 3.8) is 0 Å². The summed E-state index contributed by atoms with van der Waals surface area (Å²) < 4.78 is 36.0. The Bertz CT molecular complexity index is 1910. The quantitative estimate of drug-likeness (QED) is 0.186. The van der Waals surface area contributed by atoms with Crippen LogP contribution in [0, 0.1) is 23.2 Å². The van der Waals surface area contributed by atoms with Crippen molar-refractivity contribution in [2.75, 3.05) is 0 Å². The summed E-state index contributed by atoms with van der Waals surface area (Å²) in [5, 5.41) is 25.8. The van der Waals surface area contributed by atoms with Crippen molar-refractivity contribution >= 4 is 35.8 Å². The van der Waals surface area contributed by atoms with Crippen molar-refractivity contribution in [2.45, 2.75) is 123 Å². The minimum absolute atomic E-state index is 0.0440. The van der Waals surface area contributed by atoms with Crippen LogP contribution in [0.15, 0.2) is 79.2 Å². The number of benzene rings is 1. The fourth-order valence-electron chi connectivity index (χ4n) is 7.93. The molecule has 0 bridgehead atoms. The molecule has 1 saturated carbocycles. The Morgan fingerprint density at radius 3 is 1.97 bits per heavy atom. The fraction of sp³-hybridized carbons (Fsp3) is 0.523. The summed E-state index contributed by atoms with van der Waals surface area (Å²) >= 11 is 0. The molecule has 0 saturated heterocycles. The smallest absolute Gasteiger partial charge is 0.340 e. The topological polar surface area (TPSA) is 211 Å². The summed E-state index contributed by atoms with van der Waals surface area (Å²) in [4.78, 5) is 84.2. The zero-order valence-electron chi connectivity index (χ0n) is 34.9. The van der Waals surface area contributed by atoms with Crippen LogP contribution in [0.25, 0.3) is 0 Å². The maximum atomic E-state index is 13.9. The Kier molecular flexibility index (Phi) is 14.6. The predicted molar refractivity (Wildman–Crippen MR) is 210 cm³/mol. The number of nitrogens with zero attached hydrogens (tertiary/aromatic N) is 1. The lowest BCUT2D eigenvalue weighted by atomic mass is 9.71. The maximum absolute atomic E-state index is 13.9. The first kappa shape index (κ1) is 46.3. The number of aliphatic hydroxyl groups excluding tert-OH is 1. The molecule has 2 N–H and O–H groups in total. The van der Waals surface area contributed by atoms with Gasteiger partial charge in [0.05, 0.1) is 23.0 Å². The van der Waals surface area contributed by atoms with E-state index in [4.69, 9.17) is 28.4 Å². The van der Waals surface area contributed by atoms with Gasteiger partial charge in [-0.3, -0.25) is 24.2 Å². The van der Waals surface area contributed by atoms with Gasteiger partial charge >= 0.3 is 35.8 Å². The second kappa shape index (κ2) is 18.7. The Balaban J connectivity index is 2.09. The van der Waals surface area contributed by atoms with Crippen molar-refractivity contribution in [2.24, 2.45) is 23.2 Å². The van der Waals surface area contributed by atoms with E-state index in [2.05, 4.69) is 11.6 Å². The molecule has 0 spiro atoms. The molecule has 4 rings (SSSR count). The molecular weight excluding hydrogens is 766 g/mol. The van der Waals surface area contributed by atoms with E-state index >= 15 is 0 Å². The van der Waals surface area contributed by atoms with Gasteiger partial charge in [-0.1, -0.05) is 71.5 Å². The lowest BCUT2D eigenvalue weighted by molar-refractivity contribution is -0.193. The van der Waals surface area contributed by atoms with Gasteiger partial charge in [-0.05, 0) is 37.6 Å². The number of carbonyl (C=O) groups excluding carboxylic acids is 6.